The number of aryl methyl sites for hydroxylation is 1. The Balaban J connectivity index is 1.35. The number of carbonyl (C=O) groups is 3. The molecule has 0 aliphatic carbocycles. The summed E-state index contributed by atoms with van der Waals surface area (Å²) in [6, 6.07) is 13.2. The van der Waals surface area contributed by atoms with Crippen molar-refractivity contribution in [3.8, 4) is 0 Å². The molecule has 1 unspecified atom stereocenters. The summed E-state index contributed by atoms with van der Waals surface area (Å²) in [6.45, 7) is 2.80. The highest BCUT2D eigenvalue weighted by molar-refractivity contribution is 7.12. The molecule has 4 rings (SSSR count). The van der Waals surface area contributed by atoms with E-state index in [0.717, 1.165) is 45.2 Å². The fourth-order valence-corrected chi connectivity index (χ4v) is 5.30. The molecule has 2 aliphatic rings. The van der Waals surface area contributed by atoms with Crippen LogP contribution in [0.2, 0.25) is 0 Å². The fraction of sp³-hybridized carbons (Fsp3) is 0.480. The van der Waals surface area contributed by atoms with Crippen LogP contribution in [0.15, 0.2) is 47.8 Å². The summed E-state index contributed by atoms with van der Waals surface area (Å²) >= 11 is 1.38. The van der Waals surface area contributed by atoms with Gasteiger partial charge >= 0.3 is 0 Å². The lowest BCUT2D eigenvalue weighted by Crippen LogP contribution is -2.54. The Hall–Kier alpha value is -2.67. The predicted octanol–water partition coefficient (Wildman–Crippen LogP) is 3.34. The minimum Gasteiger partial charge on any atom is -0.343 e. The standard InChI is InChI=1S/C25H31N3O3S/c29-22(11-10-19-7-2-1-3-8-19)27-16-12-20(13-17-27)23(25(31)28-14-4-5-15-28)26-24(30)21-9-6-18-32-21/h1-3,6-9,18,20,23H,4-5,10-17H2,(H,26,30). The minimum absolute atomic E-state index is 0.0289. The van der Waals surface area contributed by atoms with E-state index in [4.69, 9.17) is 0 Å². The van der Waals surface area contributed by atoms with Crippen LogP contribution in [0.3, 0.4) is 0 Å². The summed E-state index contributed by atoms with van der Waals surface area (Å²) < 4.78 is 0. The molecule has 2 aliphatic heterocycles. The van der Waals surface area contributed by atoms with E-state index in [1.54, 1.807) is 6.07 Å². The highest BCUT2D eigenvalue weighted by Gasteiger charge is 2.36. The molecule has 0 spiro atoms. The number of nitrogens with zero attached hydrogens (tertiary/aromatic N) is 2. The first-order valence-corrected chi connectivity index (χ1v) is 12.4. The second-order valence-electron chi connectivity index (χ2n) is 8.66. The zero-order chi connectivity index (χ0) is 22.3. The number of piperidine rings is 1. The van der Waals surface area contributed by atoms with Crippen molar-refractivity contribution in [1.82, 2.24) is 15.1 Å². The predicted molar refractivity (Wildman–Crippen MR) is 125 cm³/mol. The maximum atomic E-state index is 13.3. The SMILES string of the molecule is O=C(NC(C(=O)N1CCCC1)C1CCN(C(=O)CCc2ccccc2)CC1)c1cccs1. The van der Waals surface area contributed by atoms with Gasteiger partial charge in [0.05, 0.1) is 4.88 Å². The first-order valence-electron chi connectivity index (χ1n) is 11.6. The van der Waals surface area contributed by atoms with Crippen molar-refractivity contribution >= 4 is 29.1 Å². The number of rotatable bonds is 7. The van der Waals surface area contributed by atoms with Crippen LogP contribution in [0.25, 0.3) is 0 Å². The number of carbonyl (C=O) groups excluding carboxylic acids is 3. The summed E-state index contributed by atoms with van der Waals surface area (Å²) in [5.41, 5.74) is 1.17. The maximum absolute atomic E-state index is 13.3. The molecule has 3 heterocycles. The monoisotopic (exact) mass is 453 g/mol. The summed E-state index contributed by atoms with van der Waals surface area (Å²) in [7, 11) is 0. The number of benzene rings is 1. The average Bonchev–Trinajstić information content (AvgIpc) is 3.56. The molecule has 1 aromatic heterocycles. The fourth-order valence-electron chi connectivity index (χ4n) is 4.67. The molecule has 1 atom stereocenters. The number of thiophene rings is 1. The van der Waals surface area contributed by atoms with Gasteiger partial charge in [-0.25, -0.2) is 0 Å². The summed E-state index contributed by atoms with van der Waals surface area (Å²) in [5.74, 6) is 0.0581. The lowest BCUT2D eigenvalue weighted by Gasteiger charge is -2.37. The van der Waals surface area contributed by atoms with Gasteiger partial charge < -0.3 is 15.1 Å². The summed E-state index contributed by atoms with van der Waals surface area (Å²) in [4.78, 5) is 43.1. The van der Waals surface area contributed by atoms with Crippen molar-refractivity contribution < 1.29 is 14.4 Å². The van der Waals surface area contributed by atoms with Gasteiger partial charge in [0.15, 0.2) is 0 Å². The van der Waals surface area contributed by atoms with Crippen LogP contribution in [0.5, 0.6) is 0 Å². The van der Waals surface area contributed by atoms with Gasteiger partial charge in [0.1, 0.15) is 6.04 Å². The lowest BCUT2D eigenvalue weighted by atomic mass is 9.88. The van der Waals surface area contributed by atoms with E-state index in [2.05, 4.69) is 5.32 Å². The quantitative estimate of drug-likeness (QED) is 0.699. The van der Waals surface area contributed by atoms with E-state index < -0.39 is 6.04 Å². The van der Waals surface area contributed by atoms with Crippen LogP contribution < -0.4 is 5.32 Å². The van der Waals surface area contributed by atoms with Gasteiger partial charge in [-0.1, -0.05) is 36.4 Å². The topological polar surface area (TPSA) is 69.7 Å². The Morgan fingerprint density at radius 1 is 0.938 bits per heavy atom. The van der Waals surface area contributed by atoms with Crippen LogP contribution in [0.4, 0.5) is 0 Å². The van der Waals surface area contributed by atoms with Crippen molar-refractivity contribution in [2.24, 2.45) is 5.92 Å². The van der Waals surface area contributed by atoms with Gasteiger partial charge in [-0.15, -0.1) is 11.3 Å². The molecular weight excluding hydrogens is 422 g/mol. The molecule has 2 fully saturated rings. The van der Waals surface area contributed by atoms with Gasteiger partial charge in [-0.3, -0.25) is 14.4 Å². The second kappa shape index (κ2) is 10.8. The molecule has 1 aromatic carbocycles. The Bertz CT molecular complexity index is 902. The van der Waals surface area contributed by atoms with Gasteiger partial charge in [-0.2, -0.15) is 0 Å². The van der Waals surface area contributed by atoms with Crippen molar-refractivity contribution in [3.63, 3.8) is 0 Å². The van der Waals surface area contributed by atoms with Crippen LogP contribution in [0, 0.1) is 5.92 Å². The smallest absolute Gasteiger partial charge is 0.262 e. The molecule has 0 radical (unpaired) electrons. The average molecular weight is 454 g/mol. The Morgan fingerprint density at radius 2 is 1.66 bits per heavy atom. The zero-order valence-electron chi connectivity index (χ0n) is 18.4. The van der Waals surface area contributed by atoms with Crippen LogP contribution in [-0.2, 0) is 16.0 Å². The molecule has 2 saturated heterocycles. The van der Waals surface area contributed by atoms with Gasteiger partial charge in [0.25, 0.3) is 5.91 Å². The lowest BCUT2D eigenvalue weighted by molar-refractivity contribution is -0.135. The van der Waals surface area contributed by atoms with Gasteiger partial charge in [0, 0.05) is 32.6 Å². The Labute approximate surface area is 193 Å². The number of amides is 3. The van der Waals surface area contributed by atoms with Crippen LogP contribution >= 0.6 is 11.3 Å². The Kier molecular flexibility index (Phi) is 7.58. The summed E-state index contributed by atoms with van der Waals surface area (Å²) in [5, 5.41) is 4.90. The number of hydrogen-bond donors (Lipinski definition) is 1. The molecule has 3 amide bonds. The highest BCUT2D eigenvalue weighted by atomic mass is 32.1. The zero-order valence-corrected chi connectivity index (χ0v) is 19.2. The molecule has 6 nitrogen and oxygen atoms in total. The van der Waals surface area contributed by atoms with E-state index in [1.165, 1.54) is 16.9 Å². The highest BCUT2D eigenvalue weighted by Crippen LogP contribution is 2.25. The third-order valence-electron chi connectivity index (χ3n) is 6.55. The second-order valence-corrected chi connectivity index (χ2v) is 9.61. The van der Waals surface area contributed by atoms with E-state index >= 15 is 0 Å². The van der Waals surface area contributed by atoms with Crippen molar-refractivity contribution in [1.29, 1.82) is 0 Å². The van der Waals surface area contributed by atoms with E-state index in [9.17, 15) is 14.4 Å². The normalized spacial score (nSPS) is 17.9. The molecule has 7 heteroatoms. The van der Waals surface area contributed by atoms with Crippen molar-refractivity contribution in [2.45, 2.75) is 44.6 Å². The third-order valence-corrected chi connectivity index (χ3v) is 7.42. The molecular formula is C25H31N3O3S. The van der Waals surface area contributed by atoms with Crippen molar-refractivity contribution in [3.05, 3.63) is 58.3 Å². The molecule has 2 aromatic rings. The molecule has 170 valence electrons. The van der Waals surface area contributed by atoms with E-state index in [0.29, 0.717) is 24.4 Å². The first kappa shape index (κ1) is 22.5. The number of nitrogens with one attached hydrogen (secondary N) is 1. The number of hydrogen-bond acceptors (Lipinski definition) is 4. The van der Waals surface area contributed by atoms with Crippen LogP contribution in [0.1, 0.15) is 47.3 Å². The van der Waals surface area contributed by atoms with Crippen LogP contribution in [-0.4, -0.2) is 59.7 Å². The summed E-state index contributed by atoms with van der Waals surface area (Å²) in [6.07, 6.45) is 4.74. The van der Waals surface area contributed by atoms with E-state index in [1.807, 2.05) is 51.6 Å². The minimum atomic E-state index is -0.524. The largest absolute Gasteiger partial charge is 0.343 e. The van der Waals surface area contributed by atoms with Gasteiger partial charge in [-0.05, 0) is 55.0 Å². The molecule has 32 heavy (non-hydrogen) atoms. The van der Waals surface area contributed by atoms with Gasteiger partial charge in [0.2, 0.25) is 11.8 Å². The third kappa shape index (κ3) is 5.57. The molecule has 0 bridgehead atoms. The Morgan fingerprint density at radius 3 is 2.31 bits per heavy atom. The van der Waals surface area contributed by atoms with E-state index in [-0.39, 0.29) is 23.6 Å². The molecule has 0 saturated carbocycles. The number of likely N-dealkylation sites (tertiary alicyclic amines) is 2. The maximum Gasteiger partial charge on any atom is 0.262 e. The first-order chi connectivity index (χ1) is 15.6. The van der Waals surface area contributed by atoms with Crippen molar-refractivity contribution in [2.75, 3.05) is 26.2 Å². The molecule has 1 N–H and O–H groups in total.